The second-order valence-corrected chi connectivity index (χ2v) is 3.86. The van der Waals surface area contributed by atoms with Crippen molar-refractivity contribution in [2.75, 3.05) is 7.11 Å². The van der Waals surface area contributed by atoms with Crippen LogP contribution in [0.5, 0.6) is 0 Å². The molecule has 0 aliphatic heterocycles. The standard InChI is InChI=1S/C13H13NO3/c1-8-6-14-7-10-5-9(3-4-11(8)10)12(15)13(16)17-2/h3-7,12,15H,1-2H3. The molecule has 0 saturated heterocycles. The molecule has 4 heteroatoms. The summed E-state index contributed by atoms with van der Waals surface area (Å²) in [6.07, 6.45) is 2.24. The molecule has 88 valence electrons. The van der Waals surface area contributed by atoms with E-state index >= 15 is 0 Å². The Labute approximate surface area is 98.9 Å². The fourth-order valence-electron chi connectivity index (χ4n) is 1.76. The van der Waals surface area contributed by atoms with E-state index in [4.69, 9.17) is 0 Å². The number of carbonyl (C=O) groups is 1. The third-order valence-corrected chi connectivity index (χ3v) is 2.72. The van der Waals surface area contributed by atoms with Crippen LogP contribution in [0.4, 0.5) is 0 Å². The van der Waals surface area contributed by atoms with E-state index in [1.54, 1.807) is 24.5 Å². The lowest BCUT2D eigenvalue weighted by atomic mass is 10.0. The Morgan fingerprint density at radius 2 is 2.18 bits per heavy atom. The van der Waals surface area contributed by atoms with E-state index in [1.807, 2.05) is 13.0 Å². The molecular weight excluding hydrogens is 218 g/mol. The van der Waals surface area contributed by atoms with Crippen LogP contribution in [0.25, 0.3) is 10.8 Å². The van der Waals surface area contributed by atoms with E-state index in [0.29, 0.717) is 5.56 Å². The monoisotopic (exact) mass is 231 g/mol. The summed E-state index contributed by atoms with van der Waals surface area (Å²) >= 11 is 0. The van der Waals surface area contributed by atoms with Crippen molar-refractivity contribution in [3.63, 3.8) is 0 Å². The number of aryl methyl sites for hydroxylation is 1. The number of hydrogen-bond donors (Lipinski definition) is 1. The number of aromatic nitrogens is 1. The molecule has 1 heterocycles. The summed E-state index contributed by atoms with van der Waals surface area (Å²) in [4.78, 5) is 15.3. The summed E-state index contributed by atoms with van der Waals surface area (Å²) < 4.78 is 4.50. The molecule has 1 aromatic carbocycles. The molecule has 0 aliphatic rings. The number of ether oxygens (including phenoxy) is 1. The summed E-state index contributed by atoms with van der Waals surface area (Å²) in [6, 6.07) is 5.33. The molecule has 0 bridgehead atoms. The molecule has 2 rings (SSSR count). The smallest absolute Gasteiger partial charge is 0.339 e. The molecule has 1 atom stereocenters. The van der Waals surface area contributed by atoms with E-state index in [2.05, 4.69) is 9.72 Å². The molecule has 4 nitrogen and oxygen atoms in total. The maximum Gasteiger partial charge on any atom is 0.339 e. The van der Waals surface area contributed by atoms with Crippen molar-refractivity contribution < 1.29 is 14.6 Å². The van der Waals surface area contributed by atoms with Crippen LogP contribution in [-0.2, 0) is 9.53 Å². The zero-order valence-corrected chi connectivity index (χ0v) is 9.68. The number of methoxy groups -OCH3 is 1. The number of hydrogen-bond acceptors (Lipinski definition) is 4. The number of fused-ring (bicyclic) bond motifs is 1. The van der Waals surface area contributed by atoms with Crippen molar-refractivity contribution in [3.8, 4) is 0 Å². The van der Waals surface area contributed by atoms with Crippen molar-refractivity contribution in [1.29, 1.82) is 0 Å². The Hall–Kier alpha value is -1.94. The normalized spacial score (nSPS) is 12.4. The van der Waals surface area contributed by atoms with Crippen LogP contribution in [0, 0.1) is 6.92 Å². The number of benzene rings is 1. The number of aliphatic hydroxyl groups excluding tert-OH is 1. The number of aliphatic hydroxyl groups is 1. The Bertz CT molecular complexity index is 566. The van der Waals surface area contributed by atoms with Gasteiger partial charge < -0.3 is 9.84 Å². The van der Waals surface area contributed by atoms with Gasteiger partial charge in [-0.15, -0.1) is 0 Å². The first-order valence-corrected chi connectivity index (χ1v) is 5.23. The predicted octanol–water partition coefficient (Wildman–Crippen LogP) is 1.75. The van der Waals surface area contributed by atoms with E-state index in [9.17, 15) is 9.90 Å². The summed E-state index contributed by atoms with van der Waals surface area (Å²) in [5.74, 6) is -0.662. The lowest BCUT2D eigenvalue weighted by molar-refractivity contribution is -0.150. The molecule has 0 aliphatic carbocycles. The molecule has 0 spiro atoms. The lowest BCUT2D eigenvalue weighted by Crippen LogP contribution is -2.13. The fourth-order valence-corrected chi connectivity index (χ4v) is 1.76. The largest absolute Gasteiger partial charge is 0.467 e. The van der Waals surface area contributed by atoms with Crippen molar-refractivity contribution in [3.05, 3.63) is 41.7 Å². The summed E-state index contributed by atoms with van der Waals surface area (Å²) in [7, 11) is 1.25. The zero-order valence-electron chi connectivity index (χ0n) is 9.68. The minimum atomic E-state index is -1.25. The zero-order chi connectivity index (χ0) is 12.4. The molecule has 2 aromatic rings. The van der Waals surface area contributed by atoms with Crippen molar-refractivity contribution in [1.82, 2.24) is 4.98 Å². The SMILES string of the molecule is COC(=O)C(O)c1ccc2c(C)cncc2c1. The number of esters is 1. The number of carbonyl (C=O) groups excluding carboxylic acids is 1. The highest BCUT2D eigenvalue weighted by atomic mass is 16.5. The van der Waals surface area contributed by atoms with Gasteiger partial charge in [0.15, 0.2) is 6.10 Å². The quantitative estimate of drug-likeness (QED) is 0.800. The first kappa shape index (κ1) is 11.5. The van der Waals surface area contributed by atoms with Gasteiger partial charge in [-0.05, 0) is 29.5 Å². The van der Waals surface area contributed by atoms with Crippen LogP contribution in [0.2, 0.25) is 0 Å². The molecule has 0 saturated carbocycles. The maximum atomic E-state index is 11.2. The second kappa shape index (κ2) is 4.51. The average molecular weight is 231 g/mol. The van der Waals surface area contributed by atoms with E-state index < -0.39 is 12.1 Å². The van der Waals surface area contributed by atoms with Gasteiger partial charge in [-0.1, -0.05) is 12.1 Å². The van der Waals surface area contributed by atoms with Gasteiger partial charge in [-0.25, -0.2) is 4.79 Å². The molecule has 1 N–H and O–H groups in total. The fraction of sp³-hybridized carbons (Fsp3) is 0.231. The highest BCUT2D eigenvalue weighted by Crippen LogP contribution is 2.22. The summed E-state index contributed by atoms with van der Waals surface area (Å²) in [5, 5.41) is 11.7. The van der Waals surface area contributed by atoms with E-state index in [1.165, 1.54) is 7.11 Å². The summed E-state index contributed by atoms with van der Waals surface area (Å²) in [6.45, 7) is 1.96. The Kier molecular flexibility index (Phi) is 3.06. The van der Waals surface area contributed by atoms with Crippen LogP contribution >= 0.6 is 0 Å². The molecule has 0 fully saturated rings. The Morgan fingerprint density at radius 1 is 1.41 bits per heavy atom. The number of rotatable bonds is 2. The molecule has 1 unspecified atom stereocenters. The van der Waals surface area contributed by atoms with Gasteiger partial charge in [-0.2, -0.15) is 0 Å². The van der Waals surface area contributed by atoms with Crippen LogP contribution in [0.3, 0.4) is 0 Å². The van der Waals surface area contributed by atoms with Crippen molar-refractivity contribution >= 4 is 16.7 Å². The molecule has 0 amide bonds. The summed E-state index contributed by atoms with van der Waals surface area (Å²) in [5.41, 5.74) is 1.57. The minimum absolute atomic E-state index is 0.511. The number of pyridine rings is 1. The van der Waals surface area contributed by atoms with Crippen LogP contribution in [0.1, 0.15) is 17.2 Å². The maximum absolute atomic E-state index is 11.2. The van der Waals surface area contributed by atoms with Gasteiger partial charge in [0.05, 0.1) is 7.11 Å². The molecule has 17 heavy (non-hydrogen) atoms. The highest BCUT2D eigenvalue weighted by Gasteiger charge is 2.17. The van der Waals surface area contributed by atoms with Crippen molar-refractivity contribution in [2.45, 2.75) is 13.0 Å². The van der Waals surface area contributed by atoms with Gasteiger partial charge in [0.25, 0.3) is 0 Å². The second-order valence-electron chi connectivity index (χ2n) is 3.86. The van der Waals surface area contributed by atoms with Gasteiger partial charge in [-0.3, -0.25) is 4.98 Å². The predicted molar refractivity (Wildman–Crippen MR) is 63.5 cm³/mol. The third kappa shape index (κ3) is 2.12. The average Bonchev–Trinajstić information content (AvgIpc) is 2.37. The molecule has 1 aromatic heterocycles. The first-order valence-electron chi connectivity index (χ1n) is 5.23. The topological polar surface area (TPSA) is 59.4 Å². The van der Waals surface area contributed by atoms with Crippen LogP contribution < -0.4 is 0 Å². The van der Waals surface area contributed by atoms with Gasteiger partial charge in [0.2, 0.25) is 0 Å². The van der Waals surface area contributed by atoms with Crippen molar-refractivity contribution in [2.24, 2.45) is 0 Å². The van der Waals surface area contributed by atoms with Gasteiger partial charge in [0, 0.05) is 17.8 Å². The minimum Gasteiger partial charge on any atom is -0.467 e. The number of nitrogens with zero attached hydrogens (tertiary/aromatic N) is 1. The van der Waals surface area contributed by atoms with Crippen LogP contribution in [0.15, 0.2) is 30.6 Å². The van der Waals surface area contributed by atoms with E-state index in [-0.39, 0.29) is 0 Å². The van der Waals surface area contributed by atoms with E-state index in [0.717, 1.165) is 16.3 Å². The van der Waals surface area contributed by atoms with Crippen LogP contribution in [-0.4, -0.2) is 23.2 Å². The van der Waals surface area contributed by atoms with Gasteiger partial charge >= 0.3 is 5.97 Å². The third-order valence-electron chi connectivity index (χ3n) is 2.72. The molecule has 0 radical (unpaired) electrons. The lowest BCUT2D eigenvalue weighted by Gasteiger charge is -2.10. The van der Waals surface area contributed by atoms with Gasteiger partial charge in [0.1, 0.15) is 0 Å². The highest BCUT2D eigenvalue weighted by molar-refractivity contribution is 5.86. The first-order chi connectivity index (χ1) is 8.13. The Morgan fingerprint density at radius 3 is 2.88 bits per heavy atom. The molecular formula is C13H13NO3. The Balaban J connectivity index is 2.48.